The molecule has 27 heavy (non-hydrogen) atoms. The molecule has 150 valence electrons. The predicted molar refractivity (Wildman–Crippen MR) is 99.6 cm³/mol. The van der Waals surface area contributed by atoms with Crippen LogP contribution in [-0.2, 0) is 16.1 Å². The van der Waals surface area contributed by atoms with Gasteiger partial charge in [0.15, 0.2) is 0 Å². The third kappa shape index (κ3) is 6.30. The molecule has 8 nitrogen and oxygen atoms in total. The first-order valence-electron chi connectivity index (χ1n) is 10.2. The van der Waals surface area contributed by atoms with E-state index in [0.717, 1.165) is 6.42 Å². The summed E-state index contributed by atoms with van der Waals surface area (Å²) in [5.41, 5.74) is 0. The Hall–Kier alpha value is -1.96. The molecule has 0 spiro atoms. The van der Waals surface area contributed by atoms with E-state index in [1.165, 1.54) is 32.0 Å². The maximum absolute atomic E-state index is 12.5. The second-order valence-electron chi connectivity index (χ2n) is 7.90. The molecule has 2 atom stereocenters. The molecule has 1 aromatic rings. The minimum atomic E-state index is -0.585. The van der Waals surface area contributed by atoms with Crippen LogP contribution in [0.5, 0.6) is 0 Å². The Morgan fingerprint density at radius 3 is 2.74 bits per heavy atom. The second kappa shape index (κ2) is 9.82. The van der Waals surface area contributed by atoms with E-state index in [1.807, 2.05) is 0 Å². The van der Waals surface area contributed by atoms with Gasteiger partial charge in [0, 0.05) is 38.5 Å². The first kappa shape index (κ1) is 19.8. The van der Waals surface area contributed by atoms with Crippen LogP contribution in [-0.4, -0.2) is 61.8 Å². The molecule has 0 unspecified atom stereocenters. The monoisotopic (exact) mass is 377 g/mol. The van der Waals surface area contributed by atoms with E-state index in [9.17, 15) is 14.7 Å². The van der Waals surface area contributed by atoms with E-state index < -0.39 is 6.10 Å². The standard InChI is InChI=1S/C19H31N5O3/c25-17-10-16(22-18(26)8-7-15-4-1-2-5-15)11-23(12-17)19(27)6-3-9-24-14-20-13-21-24/h13-17,25H,1-12H2,(H,22,26)/t16-,17+/m0/s1. The number of hydrogen-bond acceptors (Lipinski definition) is 5. The van der Waals surface area contributed by atoms with E-state index in [0.29, 0.717) is 51.2 Å². The van der Waals surface area contributed by atoms with E-state index in [1.54, 1.807) is 15.9 Å². The van der Waals surface area contributed by atoms with Crippen molar-refractivity contribution in [3.63, 3.8) is 0 Å². The van der Waals surface area contributed by atoms with Gasteiger partial charge in [-0.3, -0.25) is 14.3 Å². The molecule has 2 fully saturated rings. The van der Waals surface area contributed by atoms with Gasteiger partial charge in [0.1, 0.15) is 12.7 Å². The van der Waals surface area contributed by atoms with Crippen molar-refractivity contribution < 1.29 is 14.7 Å². The summed E-state index contributed by atoms with van der Waals surface area (Å²) in [6.07, 6.45) is 10.7. The van der Waals surface area contributed by atoms with Crippen molar-refractivity contribution in [2.75, 3.05) is 13.1 Å². The van der Waals surface area contributed by atoms with Crippen molar-refractivity contribution in [2.45, 2.75) is 76.5 Å². The molecule has 1 aliphatic heterocycles. The van der Waals surface area contributed by atoms with Crippen LogP contribution in [0.2, 0.25) is 0 Å². The number of rotatable bonds is 8. The smallest absolute Gasteiger partial charge is 0.222 e. The van der Waals surface area contributed by atoms with Crippen molar-refractivity contribution in [1.82, 2.24) is 25.0 Å². The van der Waals surface area contributed by atoms with Gasteiger partial charge in [-0.2, -0.15) is 5.10 Å². The molecule has 0 bridgehead atoms. The molecule has 1 aliphatic carbocycles. The number of aliphatic hydroxyl groups excluding tert-OH is 1. The van der Waals surface area contributed by atoms with Gasteiger partial charge in [-0.1, -0.05) is 25.7 Å². The Bertz CT molecular complexity index is 600. The van der Waals surface area contributed by atoms with Gasteiger partial charge in [-0.05, 0) is 25.2 Å². The quantitative estimate of drug-likeness (QED) is 0.707. The molecule has 1 saturated carbocycles. The van der Waals surface area contributed by atoms with Gasteiger partial charge in [0.2, 0.25) is 11.8 Å². The molecule has 8 heteroatoms. The number of aryl methyl sites for hydroxylation is 1. The first-order chi connectivity index (χ1) is 13.1. The van der Waals surface area contributed by atoms with Crippen LogP contribution < -0.4 is 5.32 Å². The van der Waals surface area contributed by atoms with Crippen molar-refractivity contribution in [1.29, 1.82) is 0 Å². The van der Waals surface area contributed by atoms with Crippen molar-refractivity contribution in [2.24, 2.45) is 5.92 Å². The van der Waals surface area contributed by atoms with Gasteiger partial charge in [0.25, 0.3) is 0 Å². The number of β-amino-alcohol motifs (C(OH)–C–C–N with tert-alkyl or cyclic N) is 1. The van der Waals surface area contributed by atoms with Crippen LogP contribution in [0, 0.1) is 5.92 Å². The number of nitrogens with zero attached hydrogens (tertiary/aromatic N) is 4. The number of amides is 2. The predicted octanol–water partition coefficient (Wildman–Crippen LogP) is 1.11. The lowest BCUT2D eigenvalue weighted by Crippen LogP contribution is -2.54. The van der Waals surface area contributed by atoms with Crippen molar-refractivity contribution in [3.05, 3.63) is 12.7 Å². The van der Waals surface area contributed by atoms with Crippen molar-refractivity contribution in [3.8, 4) is 0 Å². The number of hydrogen-bond donors (Lipinski definition) is 2. The summed E-state index contributed by atoms with van der Waals surface area (Å²) in [6.45, 7) is 1.47. The zero-order chi connectivity index (χ0) is 19.1. The summed E-state index contributed by atoms with van der Waals surface area (Å²) in [5.74, 6) is 0.745. The molecule has 1 aromatic heterocycles. The highest BCUT2D eigenvalue weighted by Crippen LogP contribution is 2.28. The molecule has 1 saturated heterocycles. The van der Waals surface area contributed by atoms with Crippen LogP contribution in [0.1, 0.15) is 57.8 Å². The van der Waals surface area contributed by atoms with Crippen LogP contribution in [0.25, 0.3) is 0 Å². The van der Waals surface area contributed by atoms with Crippen LogP contribution in [0.15, 0.2) is 12.7 Å². The summed E-state index contributed by atoms with van der Waals surface area (Å²) in [7, 11) is 0. The topological polar surface area (TPSA) is 100 Å². The number of carbonyl (C=O) groups is 2. The van der Waals surface area contributed by atoms with Gasteiger partial charge in [-0.25, -0.2) is 4.98 Å². The Labute approximate surface area is 160 Å². The fourth-order valence-corrected chi connectivity index (χ4v) is 4.21. The summed E-state index contributed by atoms with van der Waals surface area (Å²) in [6, 6.07) is -0.163. The van der Waals surface area contributed by atoms with Gasteiger partial charge in [0.05, 0.1) is 6.10 Å². The lowest BCUT2D eigenvalue weighted by Gasteiger charge is -2.36. The minimum absolute atomic E-state index is 0.0130. The number of likely N-dealkylation sites (tertiary alicyclic amines) is 1. The number of aromatic nitrogens is 3. The summed E-state index contributed by atoms with van der Waals surface area (Å²) in [5, 5.41) is 17.2. The molecule has 0 aromatic carbocycles. The maximum Gasteiger partial charge on any atom is 0.222 e. The normalized spacial score (nSPS) is 23.5. The fourth-order valence-electron chi connectivity index (χ4n) is 4.21. The van der Waals surface area contributed by atoms with Crippen LogP contribution in [0.4, 0.5) is 0 Å². The van der Waals surface area contributed by atoms with E-state index in [4.69, 9.17) is 0 Å². The van der Waals surface area contributed by atoms with Gasteiger partial charge < -0.3 is 15.3 Å². The Balaban J connectivity index is 1.39. The highest BCUT2D eigenvalue weighted by atomic mass is 16.3. The molecular formula is C19H31N5O3. The zero-order valence-electron chi connectivity index (χ0n) is 15.9. The largest absolute Gasteiger partial charge is 0.391 e. The minimum Gasteiger partial charge on any atom is -0.391 e. The lowest BCUT2D eigenvalue weighted by atomic mass is 10.00. The molecule has 2 amide bonds. The number of aliphatic hydroxyl groups is 1. The Morgan fingerprint density at radius 2 is 2.00 bits per heavy atom. The SMILES string of the molecule is O=C(CCC1CCCC1)N[C@H]1C[C@@H](O)CN(C(=O)CCCn2cncn2)C1. The molecular weight excluding hydrogens is 346 g/mol. The van der Waals surface area contributed by atoms with E-state index in [-0.39, 0.29) is 17.9 Å². The first-order valence-corrected chi connectivity index (χ1v) is 10.2. The number of carbonyl (C=O) groups excluding carboxylic acids is 2. The molecule has 2 aliphatic rings. The zero-order valence-corrected chi connectivity index (χ0v) is 15.9. The third-order valence-electron chi connectivity index (χ3n) is 5.65. The number of nitrogens with one attached hydrogen (secondary N) is 1. The highest BCUT2D eigenvalue weighted by Gasteiger charge is 2.29. The summed E-state index contributed by atoms with van der Waals surface area (Å²) in [4.78, 5) is 30.3. The second-order valence-corrected chi connectivity index (χ2v) is 7.90. The third-order valence-corrected chi connectivity index (χ3v) is 5.65. The maximum atomic E-state index is 12.5. The molecule has 2 heterocycles. The summed E-state index contributed by atoms with van der Waals surface area (Å²) >= 11 is 0. The van der Waals surface area contributed by atoms with Crippen LogP contribution in [0.3, 0.4) is 0 Å². The molecule has 2 N–H and O–H groups in total. The van der Waals surface area contributed by atoms with Crippen molar-refractivity contribution >= 4 is 11.8 Å². The lowest BCUT2D eigenvalue weighted by molar-refractivity contribution is -0.136. The number of piperidine rings is 1. The fraction of sp³-hybridized carbons (Fsp3) is 0.789. The van der Waals surface area contributed by atoms with E-state index in [2.05, 4.69) is 15.4 Å². The average Bonchev–Trinajstić information content (AvgIpc) is 3.33. The van der Waals surface area contributed by atoms with E-state index >= 15 is 0 Å². The summed E-state index contributed by atoms with van der Waals surface area (Å²) < 4.78 is 1.70. The van der Waals surface area contributed by atoms with Gasteiger partial charge >= 0.3 is 0 Å². The molecule has 0 radical (unpaired) electrons. The van der Waals surface area contributed by atoms with Gasteiger partial charge in [-0.15, -0.1) is 0 Å². The molecule has 3 rings (SSSR count). The average molecular weight is 377 g/mol. The Kier molecular flexibility index (Phi) is 7.20. The highest BCUT2D eigenvalue weighted by molar-refractivity contribution is 5.77. The van der Waals surface area contributed by atoms with Crippen LogP contribution >= 0.6 is 0 Å². The Morgan fingerprint density at radius 1 is 1.19 bits per heavy atom.